The lowest BCUT2D eigenvalue weighted by Crippen LogP contribution is -2.49. The molecule has 48 valence electrons. The van der Waals surface area contributed by atoms with E-state index in [4.69, 9.17) is 0 Å². The van der Waals surface area contributed by atoms with Crippen molar-refractivity contribution in [3.63, 3.8) is 0 Å². The van der Waals surface area contributed by atoms with Crippen molar-refractivity contribution in [2.75, 3.05) is 0 Å². The minimum absolute atomic E-state index is 0.611. The molecular formula is C7H16N+. The van der Waals surface area contributed by atoms with Crippen LogP contribution in [0, 0.1) is 5.92 Å². The van der Waals surface area contributed by atoms with E-state index in [-0.39, 0.29) is 0 Å². The quantitative estimate of drug-likeness (QED) is 0.570. The molecule has 8 heavy (non-hydrogen) atoms. The van der Waals surface area contributed by atoms with Crippen LogP contribution in [0.15, 0.2) is 12.3 Å². The summed E-state index contributed by atoms with van der Waals surface area (Å²) >= 11 is 0. The molecule has 0 amide bonds. The van der Waals surface area contributed by atoms with Crippen molar-refractivity contribution in [1.82, 2.24) is 0 Å². The van der Waals surface area contributed by atoms with Crippen molar-refractivity contribution in [2.45, 2.75) is 26.7 Å². The van der Waals surface area contributed by atoms with Crippen LogP contribution < -0.4 is 5.73 Å². The lowest BCUT2D eigenvalue weighted by molar-refractivity contribution is -0.313. The van der Waals surface area contributed by atoms with E-state index in [0.29, 0.717) is 5.92 Å². The SMILES string of the molecule is C=C([NH3+])C(C)CCC. The summed E-state index contributed by atoms with van der Waals surface area (Å²) in [7, 11) is 0. The second-order valence-corrected chi connectivity index (χ2v) is 2.35. The first-order valence-corrected chi connectivity index (χ1v) is 3.19. The number of hydrogen-bond donors (Lipinski definition) is 1. The summed E-state index contributed by atoms with van der Waals surface area (Å²) in [6.45, 7) is 8.11. The molecule has 0 radical (unpaired) electrons. The molecule has 3 N–H and O–H groups in total. The molecule has 0 bridgehead atoms. The molecule has 1 atom stereocenters. The van der Waals surface area contributed by atoms with Gasteiger partial charge in [0.15, 0.2) is 0 Å². The fourth-order valence-electron chi connectivity index (χ4n) is 0.637. The van der Waals surface area contributed by atoms with Gasteiger partial charge < -0.3 is 5.73 Å². The zero-order valence-corrected chi connectivity index (χ0v) is 5.91. The van der Waals surface area contributed by atoms with E-state index in [2.05, 4.69) is 26.2 Å². The van der Waals surface area contributed by atoms with E-state index < -0.39 is 0 Å². The third kappa shape index (κ3) is 2.80. The van der Waals surface area contributed by atoms with E-state index in [1.807, 2.05) is 0 Å². The van der Waals surface area contributed by atoms with Crippen LogP contribution in [0.2, 0.25) is 0 Å². The smallest absolute Gasteiger partial charge is 0.0994 e. The Bertz CT molecular complexity index is 76.5. The zero-order valence-electron chi connectivity index (χ0n) is 5.91. The zero-order chi connectivity index (χ0) is 6.57. The fraction of sp³-hybridized carbons (Fsp3) is 0.714. The Balaban J connectivity index is 3.32. The van der Waals surface area contributed by atoms with Gasteiger partial charge in [-0.25, -0.2) is 0 Å². The van der Waals surface area contributed by atoms with Gasteiger partial charge in [0.05, 0.1) is 5.70 Å². The molecule has 0 aliphatic carbocycles. The third-order valence-corrected chi connectivity index (χ3v) is 1.42. The molecule has 1 unspecified atom stereocenters. The van der Waals surface area contributed by atoms with Crippen LogP contribution in [-0.4, -0.2) is 0 Å². The van der Waals surface area contributed by atoms with Gasteiger partial charge in [0.2, 0.25) is 0 Å². The van der Waals surface area contributed by atoms with Gasteiger partial charge >= 0.3 is 0 Å². The monoisotopic (exact) mass is 114 g/mol. The van der Waals surface area contributed by atoms with Crippen LogP contribution >= 0.6 is 0 Å². The lowest BCUT2D eigenvalue weighted by Gasteiger charge is -2.02. The van der Waals surface area contributed by atoms with Gasteiger partial charge in [0.1, 0.15) is 0 Å². The molecule has 0 aromatic rings. The first kappa shape index (κ1) is 7.70. The summed E-state index contributed by atoms with van der Waals surface area (Å²) in [4.78, 5) is 0. The molecule has 0 fully saturated rings. The summed E-state index contributed by atoms with van der Waals surface area (Å²) in [5, 5.41) is 0. The molecule has 0 spiro atoms. The van der Waals surface area contributed by atoms with Crippen LogP contribution in [0.4, 0.5) is 0 Å². The summed E-state index contributed by atoms with van der Waals surface area (Å²) in [6, 6.07) is 0. The Labute approximate surface area is 51.6 Å². The van der Waals surface area contributed by atoms with Crippen molar-refractivity contribution in [2.24, 2.45) is 5.92 Å². The van der Waals surface area contributed by atoms with Crippen molar-refractivity contribution in [3.05, 3.63) is 12.3 Å². The van der Waals surface area contributed by atoms with Crippen LogP contribution in [0.1, 0.15) is 26.7 Å². The highest BCUT2D eigenvalue weighted by atomic mass is 14.6. The molecule has 0 aliphatic heterocycles. The normalized spacial score (nSPS) is 13.4. The topological polar surface area (TPSA) is 27.6 Å². The maximum Gasteiger partial charge on any atom is 0.0994 e. The van der Waals surface area contributed by atoms with E-state index in [1.54, 1.807) is 0 Å². The van der Waals surface area contributed by atoms with Gasteiger partial charge in [0.25, 0.3) is 0 Å². The molecule has 0 heterocycles. The van der Waals surface area contributed by atoms with Gasteiger partial charge in [0, 0.05) is 5.92 Å². The molecule has 1 nitrogen and oxygen atoms in total. The van der Waals surface area contributed by atoms with E-state index in [9.17, 15) is 0 Å². The van der Waals surface area contributed by atoms with E-state index >= 15 is 0 Å². The second kappa shape index (κ2) is 3.67. The number of allylic oxidation sites excluding steroid dienone is 1. The number of hydrogen-bond acceptors (Lipinski definition) is 0. The summed E-state index contributed by atoms with van der Waals surface area (Å²) in [5.41, 5.74) is 4.82. The van der Waals surface area contributed by atoms with Crippen molar-refractivity contribution < 1.29 is 5.73 Å². The summed E-state index contributed by atoms with van der Waals surface area (Å²) in [6.07, 6.45) is 2.46. The average Bonchev–Trinajstić information content (AvgIpc) is 1.67. The molecule has 0 rings (SSSR count). The van der Waals surface area contributed by atoms with Crippen LogP contribution in [0.25, 0.3) is 0 Å². The Morgan fingerprint density at radius 1 is 1.75 bits per heavy atom. The lowest BCUT2D eigenvalue weighted by atomic mass is 10.0. The minimum atomic E-state index is 0.611. The Hall–Kier alpha value is -0.300. The number of rotatable bonds is 3. The molecule has 1 heteroatoms. The Morgan fingerprint density at radius 2 is 2.25 bits per heavy atom. The highest BCUT2D eigenvalue weighted by molar-refractivity contribution is 4.82. The fourth-order valence-corrected chi connectivity index (χ4v) is 0.637. The Kier molecular flexibility index (Phi) is 3.53. The second-order valence-electron chi connectivity index (χ2n) is 2.35. The van der Waals surface area contributed by atoms with E-state index in [0.717, 1.165) is 5.70 Å². The molecule has 0 aromatic heterocycles. The molecule has 0 aromatic carbocycles. The highest BCUT2D eigenvalue weighted by Crippen LogP contribution is 2.07. The maximum absolute atomic E-state index is 3.76. The van der Waals surface area contributed by atoms with Crippen LogP contribution in [0.3, 0.4) is 0 Å². The molecule has 0 aliphatic rings. The van der Waals surface area contributed by atoms with Gasteiger partial charge in [-0.15, -0.1) is 0 Å². The van der Waals surface area contributed by atoms with Gasteiger partial charge in [-0.1, -0.05) is 20.3 Å². The first-order chi connectivity index (χ1) is 3.68. The predicted octanol–water partition coefficient (Wildman–Crippen LogP) is 1.18. The van der Waals surface area contributed by atoms with Gasteiger partial charge in [-0.2, -0.15) is 0 Å². The minimum Gasteiger partial charge on any atom is -0.329 e. The molecular weight excluding hydrogens is 98.1 g/mol. The first-order valence-electron chi connectivity index (χ1n) is 3.19. The van der Waals surface area contributed by atoms with Crippen molar-refractivity contribution >= 4 is 0 Å². The number of quaternary nitrogens is 1. The third-order valence-electron chi connectivity index (χ3n) is 1.42. The molecule has 0 saturated carbocycles. The average molecular weight is 114 g/mol. The van der Waals surface area contributed by atoms with E-state index in [1.165, 1.54) is 12.8 Å². The summed E-state index contributed by atoms with van der Waals surface area (Å²) in [5.74, 6) is 0.611. The highest BCUT2D eigenvalue weighted by Gasteiger charge is 2.02. The van der Waals surface area contributed by atoms with Crippen LogP contribution in [-0.2, 0) is 0 Å². The molecule has 0 saturated heterocycles. The Morgan fingerprint density at radius 3 is 2.38 bits per heavy atom. The van der Waals surface area contributed by atoms with Crippen molar-refractivity contribution in [3.8, 4) is 0 Å². The largest absolute Gasteiger partial charge is 0.329 e. The summed E-state index contributed by atoms with van der Waals surface area (Å²) < 4.78 is 0. The maximum atomic E-state index is 3.76. The van der Waals surface area contributed by atoms with Crippen LogP contribution in [0.5, 0.6) is 0 Å². The standard InChI is InChI=1S/C7H15N/c1-4-5-6(2)7(3)8/h6H,3-5,8H2,1-2H3/p+1. The predicted molar refractivity (Wildman–Crippen MR) is 36.1 cm³/mol. The van der Waals surface area contributed by atoms with Crippen molar-refractivity contribution in [1.29, 1.82) is 0 Å². The van der Waals surface area contributed by atoms with Gasteiger partial charge in [-0.3, -0.25) is 0 Å². The van der Waals surface area contributed by atoms with Gasteiger partial charge in [-0.05, 0) is 13.0 Å².